The molecule has 0 bridgehead atoms. The summed E-state index contributed by atoms with van der Waals surface area (Å²) in [5, 5.41) is 5.01. The lowest BCUT2D eigenvalue weighted by Crippen LogP contribution is -2.01. The summed E-state index contributed by atoms with van der Waals surface area (Å²) in [6.45, 7) is 0. The predicted octanol–water partition coefficient (Wildman–Crippen LogP) is 13.7. The van der Waals surface area contributed by atoms with Gasteiger partial charge in [-0.15, -0.1) is 11.3 Å². The standard InChI is InChI=1S/C51H32N4S/c1-4-14-33(15-5-1)36-27-29-45-44(31-36)41-28-26-37(40-23-13-24-43-42-22-10-11-25-47(42)56-48(40)43)32-46(41)55(45)39-21-12-20-38(30-39)51-53-49(34-16-6-2-7-17-34)52-50(54-51)35-18-8-3-9-19-35/h1-32H. The molecule has 0 fully saturated rings. The van der Waals surface area contributed by atoms with E-state index >= 15 is 0 Å². The van der Waals surface area contributed by atoms with Crippen molar-refractivity contribution in [3.63, 3.8) is 0 Å². The SMILES string of the molecule is c1ccc(-c2ccc3c(c2)c2ccc(-c4cccc5c4sc4ccccc45)cc2n3-c2cccc(-c3nc(-c4ccccc4)nc(-c4ccccc4)n3)c2)cc1. The Kier molecular flexibility index (Phi) is 7.64. The fourth-order valence-corrected chi connectivity index (χ4v) is 9.21. The lowest BCUT2D eigenvalue weighted by molar-refractivity contribution is 1.07. The van der Waals surface area contributed by atoms with Crippen molar-refractivity contribution in [3.05, 3.63) is 194 Å². The molecule has 11 aromatic rings. The Morgan fingerprint density at radius 2 is 0.929 bits per heavy atom. The number of hydrogen-bond donors (Lipinski definition) is 0. The molecule has 8 aromatic carbocycles. The zero-order chi connectivity index (χ0) is 37.0. The molecule has 0 N–H and O–H groups in total. The molecule has 11 rings (SSSR count). The number of fused-ring (bicyclic) bond motifs is 6. The van der Waals surface area contributed by atoms with Crippen LogP contribution >= 0.6 is 11.3 Å². The van der Waals surface area contributed by atoms with Gasteiger partial charge in [-0.05, 0) is 58.7 Å². The van der Waals surface area contributed by atoms with Gasteiger partial charge in [0.15, 0.2) is 17.5 Å². The summed E-state index contributed by atoms with van der Waals surface area (Å²) in [6.07, 6.45) is 0. The summed E-state index contributed by atoms with van der Waals surface area (Å²) < 4.78 is 5.01. The van der Waals surface area contributed by atoms with Crippen molar-refractivity contribution < 1.29 is 0 Å². The van der Waals surface area contributed by atoms with E-state index in [1.54, 1.807) is 0 Å². The Labute approximate surface area is 327 Å². The van der Waals surface area contributed by atoms with Gasteiger partial charge in [-0.3, -0.25) is 0 Å². The molecule has 0 unspecified atom stereocenters. The molecule has 4 nitrogen and oxygen atoms in total. The van der Waals surface area contributed by atoms with Gasteiger partial charge in [0.1, 0.15) is 0 Å². The third-order valence-electron chi connectivity index (χ3n) is 10.7. The number of thiophene rings is 1. The van der Waals surface area contributed by atoms with E-state index in [1.807, 2.05) is 72.0 Å². The van der Waals surface area contributed by atoms with E-state index in [9.17, 15) is 0 Å². The summed E-state index contributed by atoms with van der Waals surface area (Å²) in [4.78, 5) is 15.1. The Balaban J connectivity index is 1.13. The third-order valence-corrected chi connectivity index (χ3v) is 11.9. The van der Waals surface area contributed by atoms with Crippen LogP contribution in [0.4, 0.5) is 0 Å². The smallest absolute Gasteiger partial charge is 0.164 e. The maximum atomic E-state index is 5.06. The summed E-state index contributed by atoms with van der Waals surface area (Å²) in [5.74, 6) is 1.92. The van der Waals surface area contributed by atoms with E-state index in [-0.39, 0.29) is 0 Å². The van der Waals surface area contributed by atoms with Crippen molar-refractivity contribution in [2.45, 2.75) is 0 Å². The first kappa shape index (κ1) is 32.2. The molecule has 0 radical (unpaired) electrons. The Morgan fingerprint density at radius 3 is 1.66 bits per heavy atom. The Morgan fingerprint density at radius 1 is 0.339 bits per heavy atom. The van der Waals surface area contributed by atoms with E-state index in [0.29, 0.717) is 17.5 Å². The summed E-state index contributed by atoms with van der Waals surface area (Å²) in [7, 11) is 0. The van der Waals surface area contributed by atoms with Crippen molar-refractivity contribution in [2.75, 3.05) is 0 Å². The molecule has 3 aromatic heterocycles. The first-order chi connectivity index (χ1) is 27.7. The van der Waals surface area contributed by atoms with Crippen LogP contribution in [0, 0.1) is 0 Å². The molecular formula is C51H32N4S. The largest absolute Gasteiger partial charge is 0.309 e. The first-order valence-electron chi connectivity index (χ1n) is 18.8. The van der Waals surface area contributed by atoms with Crippen LogP contribution < -0.4 is 0 Å². The highest BCUT2D eigenvalue weighted by Crippen LogP contribution is 2.42. The number of nitrogens with zero attached hydrogens (tertiary/aromatic N) is 4. The molecule has 0 aliphatic carbocycles. The Bertz CT molecular complexity index is 3180. The van der Waals surface area contributed by atoms with Gasteiger partial charge >= 0.3 is 0 Å². The number of benzene rings is 8. The van der Waals surface area contributed by atoms with Gasteiger partial charge in [-0.2, -0.15) is 0 Å². The van der Waals surface area contributed by atoms with E-state index in [2.05, 4.69) is 138 Å². The van der Waals surface area contributed by atoms with Crippen LogP contribution in [-0.4, -0.2) is 19.5 Å². The van der Waals surface area contributed by atoms with Crippen LogP contribution in [0.3, 0.4) is 0 Å². The second kappa shape index (κ2) is 13.3. The second-order valence-corrected chi connectivity index (χ2v) is 15.1. The van der Waals surface area contributed by atoms with Crippen LogP contribution in [0.5, 0.6) is 0 Å². The van der Waals surface area contributed by atoms with Crippen molar-refractivity contribution >= 4 is 53.3 Å². The monoisotopic (exact) mass is 732 g/mol. The van der Waals surface area contributed by atoms with Gasteiger partial charge in [0.25, 0.3) is 0 Å². The van der Waals surface area contributed by atoms with Crippen molar-refractivity contribution in [2.24, 2.45) is 0 Å². The summed E-state index contributed by atoms with van der Waals surface area (Å²) >= 11 is 1.87. The normalized spacial score (nSPS) is 11.6. The maximum Gasteiger partial charge on any atom is 0.164 e. The number of hydrogen-bond acceptors (Lipinski definition) is 4. The molecular weight excluding hydrogens is 701 g/mol. The first-order valence-corrected chi connectivity index (χ1v) is 19.6. The fraction of sp³-hybridized carbons (Fsp3) is 0. The summed E-state index contributed by atoms with van der Waals surface area (Å²) in [5.41, 5.74) is 11.0. The van der Waals surface area contributed by atoms with Crippen LogP contribution in [0.1, 0.15) is 0 Å². The molecule has 0 atom stereocenters. The number of rotatable bonds is 6. The van der Waals surface area contributed by atoms with Crippen molar-refractivity contribution in [1.82, 2.24) is 19.5 Å². The van der Waals surface area contributed by atoms with Crippen LogP contribution in [-0.2, 0) is 0 Å². The molecule has 5 heteroatoms. The van der Waals surface area contributed by atoms with Crippen molar-refractivity contribution in [3.8, 4) is 62.1 Å². The predicted molar refractivity (Wildman–Crippen MR) is 234 cm³/mol. The highest BCUT2D eigenvalue weighted by atomic mass is 32.1. The fourth-order valence-electron chi connectivity index (χ4n) is 7.97. The molecule has 0 spiro atoms. The lowest BCUT2D eigenvalue weighted by atomic mass is 10.00. The molecule has 0 saturated carbocycles. The average Bonchev–Trinajstić information content (AvgIpc) is 3.82. The molecule has 3 heterocycles. The van der Waals surface area contributed by atoms with Gasteiger partial charge in [0.05, 0.1) is 11.0 Å². The zero-order valence-corrected chi connectivity index (χ0v) is 31.0. The number of aromatic nitrogens is 4. The molecule has 0 amide bonds. The second-order valence-electron chi connectivity index (χ2n) is 14.0. The minimum Gasteiger partial charge on any atom is -0.309 e. The minimum atomic E-state index is 0.629. The molecule has 0 aliphatic rings. The van der Waals surface area contributed by atoms with Crippen molar-refractivity contribution in [1.29, 1.82) is 0 Å². The van der Waals surface area contributed by atoms with Crippen LogP contribution in [0.15, 0.2) is 194 Å². The van der Waals surface area contributed by atoms with E-state index < -0.39 is 0 Å². The highest BCUT2D eigenvalue weighted by Gasteiger charge is 2.18. The lowest BCUT2D eigenvalue weighted by Gasteiger charge is -2.12. The van der Waals surface area contributed by atoms with Crippen LogP contribution in [0.2, 0.25) is 0 Å². The van der Waals surface area contributed by atoms with Gasteiger partial charge < -0.3 is 4.57 Å². The minimum absolute atomic E-state index is 0.629. The molecule has 56 heavy (non-hydrogen) atoms. The third kappa shape index (κ3) is 5.48. The molecule has 0 saturated heterocycles. The van der Waals surface area contributed by atoms with E-state index in [1.165, 1.54) is 53.2 Å². The highest BCUT2D eigenvalue weighted by molar-refractivity contribution is 7.26. The maximum absolute atomic E-state index is 5.06. The Hall–Kier alpha value is -7.21. The quantitative estimate of drug-likeness (QED) is 0.171. The summed E-state index contributed by atoms with van der Waals surface area (Å²) in [6, 6.07) is 68.7. The topological polar surface area (TPSA) is 43.6 Å². The average molecular weight is 733 g/mol. The van der Waals surface area contributed by atoms with Crippen LogP contribution in [0.25, 0.3) is 104 Å². The van der Waals surface area contributed by atoms with Gasteiger partial charge in [0.2, 0.25) is 0 Å². The van der Waals surface area contributed by atoms with Gasteiger partial charge in [0, 0.05) is 53.3 Å². The van der Waals surface area contributed by atoms with Gasteiger partial charge in [-0.1, -0.05) is 158 Å². The van der Waals surface area contributed by atoms with Gasteiger partial charge in [-0.25, -0.2) is 15.0 Å². The van der Waals surface area contributed by atoms with E-state index in [4.69, 9.17) is 15.0 Å². The zero-order valence-electron chi connectivity index (χ0n) is 30.2. The molecule has 0 aliphatic heterocycles. The van der Waals surface area contributed by atoms with E-state index in [0.717, 1.165) is 33.4 Å². The molecule has 262 valence electrons.